The van der Waals surface area contributed by atoms with Gasteiger partial charge in [0.1, 0.15) is 5.82 Å². The van der Waals surface area contributed by atoms with E-state index in [4.69, 9.17) is 0 Å². The molecule has 1 aromatic rings. The Morgan fingerprint density at radius 2 is 1.86 bits per heavy atom. The van der Waals surface area contributed by atoms with E-state index in [0.717, 1.165) is 0 Å². The Hall–Kier alpha value is -1.95. The van der Waals surface area contributed by atoms with Crippen LogP contribution in [0.15, 0.2) is 18.2 Å². The lowest BCUT2D eigenvalue weighted by Gasteiger charge is -2.37. The lowest BCUT2D eigenvalue weighted by molar-refractivity contribution is -0.131. The minimum atomic E-state index is -0.333. The average molecular weight is 307 g/mol. The van der Waals surface area contributed by atoms with Crippen molar-refractivity contribution in [2.24, 2.45) is 0 Å². The molecule has 0 unspecified atom stereocenters. The Labute approximate surface area is 130 Å². The summed E-state index contributed by atoms with van der Waals surface area (Å²) in [6, 6.07) is 4.34. The molecule has 1 N–H and O–H groups in total. The van der Waals surface area contributed by atoms with E-state index in [9.17, 15) is 14.0 Å². The molecule has 1 heterocycles. The molecule has 0 aromatic heterocycles. The fourth-order valence-corrected chi connectivity index (χ4v) is 2.51. The standard InChI is InChI=1S/C16H22FN3O2/c1-11-4-5-14(10-15(11)17)18-16(22)12(2)19-6-8-20(9-7-19)13(3)21/h4-5,10,12H,6-9H2,1-3H3,(H,18,22)/t12-/m0/s1. The van der Waals surface area contributed by atoms with Gasteiger partial charge in [0.2, 0.25) is 11.8 Å². The number of piperazine rings is 1. The molecule has 2 amide bonds. The minimum absolute atomic E-state index is 0.0619. The van der Waals surface area contributed by atoms with Crippen molar-refractivity contribution in [1.29, 1.82) is 0 Å². The van der Waals surface area contributed by atoms with E-state index in [2.05, 4.69) is 5.32 Å². The van der Waals surface area contributed by atoms with E-state index in [1.807, 2.05) is 11.8 Å². The van der Waals surface area contributed by atoms with Gasteiger partial charge < -0.3 is 10.2 Å². The van der Waals surface area contributed by atoms with E-state index >= 15 is 0 Å². The first-order valence-electron chi connectivity index (χ1n) is 7.45. The van der Waals surface area contributed by atoms with Gasteiger partial charge in [0, 0.05) is 38.8 Å². The van der Waals surface area contributed by atoms with Gasteiger partial charge in [0.25, 0.3) is 0 Å². The zero-order chi connectivity index (χ0) is 16.3. The molecule has 1 atom stereocenters. The molecule has 1 saturated heterocycles. The number of anilines is 1. The first-order chi connectivity index (χ1) is 10.4. The van der Waals surface area contributed by atoms with E-state index in [0.29, 0.717) is 37.4 Å². The maximum atomic E-state index is 13.5. The van der Waals surface area contributed by atoms with Gasteiger partial charge in [-0.25, -0.2) is 4.39 Å². The van der Waals surface area contributed by atoms with Crippen molar-refractivity contribution in [3.05, 3.63) is 29.6 Å². The maximum absolute atomic E-state index is 13.5. The summed E-state index contributed by atoms with van der Waals surface area (Å²) >= 11 is 0. The monoisotopic (exact) mass is 307 g/mol. The van der Waals surface area contributed by atoms with Crippen molar-refractivity contribution >= 4 is 17.5 Å². The van der Waals surface area contributed by atoms with Crippen molar-refractivity contribution in [3.63, 3.8) is 0 Å². The summed E-state index contributed by atoms with van der Waals surface area (Å²) in [6.45, 7) is 7.64. The third-order valence-corrected chi connectivity index (χ3v) is 4.13. The number of amides is 2. The summed E-state index contributed by atoms with van der Waals surface area (Å²) in [5.74, 6) is -0.438. The molecular weight excluding hydrogens is 285 g/mol. The summed E-state index contributed by atoms with van der Waals surface area (Å²) in [5.41, 5.74) is 1.01. The van der Waals surface area contributed by atoms with Crippen molar-refractivity contribution < 1.29 is 14.0 Å². The quantitative estimate of drug-likeness (QED) is 0.923. The molecule has 6 heteroatoms. The van der Waals surface area contributed by atoms with Gasteiger partial charge in [-0.15, -0.1) is 0 Å². The van der Waals surface area contributed by atoms with Crippen LogP contribution in [0.25, 0.3) is 0 Å². The van der Waals surface area contributed by atoms with Gasteiger partial charge in [0.05, 0.1) is 6.04 Å². The van der Waals surface area contributed by atoms with Crippen LogP contribution >= 0.6 is 0 Å². The number of nitrogens with one attached hydrogen (secondary N) is 1. The predicted molar refractivity (Wildman–Crippen MR) is 83.1 cm³/mol. The fraction of sp³-hybridized carbons (Fsp3) is 0.500. The highest BCUT2D eigenvalue weighted by Gasteiger charge is 2.26. The van der Waals surface area contributed by atoms with E-state index < -0.39 is 0 Å². The highest BCUT2D eigenvalue weighted by atomic mass is 19.1. The van der Waals surface area contributed by atoms with Crippen LogP contribution in [-0.2, 0) is 9.59 Å². The summed E-state index contributed by atoms with van der Waals surface area (Å²) in [5, 5.41) is 2.74. The van der Waals surface area contributed by atoms with Gasteiger partial charge in [0.15, 0.2) is 0 Å². The SMILES string of the molecule is CC(=O)N1CCN([C@@H](C)C(=O)Nc2ccc(C)c(F)c2)CC1. The topological polar surface area (TPSA) is 52.7 Å². The first kappa shape index (κ1) is 16.4. The highest BCUT2D eigenvalue weighted by Crippen LogP contribution is 2.15. The van der Waals surface area contributed by atoms with E-state index in [1.54, 1.807) is 30.9 Å². The molecule has 1 fully saturated rings. The third-order valence-electron chi connectivity index (χ3n) is 4.13. The van der Waals surface area contributed by atoms with Gasteiger partial charge >= 0.3 is 0 Å². The number of carbonyl (C=O) groups is 2. The number of hydrogen-bond donors (Lipinski definition) is 1. The van der Waals surface area contributed by atoms with E-state index in [-0.39, 0.29) is 23.7 Å². The van der Waals surface area contributed by atoms with Crippen LogP contribution in [0.4, 0.5) is 10.1 Å². The molecule has 1 aliphatic heterocycles. The second-order valence-corrected chi connectivity index (χ2v) is 5.67. The molecule has 0 saturated carbocycles. The minimum Gasteiger partial charge on any atom is -0.340 e. The smallest absolute Gasteiger partial charge is 0.241 e. The maximum Gasteiger partial charge on any atom is 0.241 e. The number of aryl methyl sites for hydroxylation is 1. The van der Waals surface area contributed by atoms with E-state index in [1.165, 1.54) is 6.07 Å². The van der Waals surface area contributed by atoms with Gasteiger partial charge in [-0.1, -0.05) is 6.07 Å². The number of rotatable bonds is 3. The van der Waals surface area contributed by atoms with Crippen molar-refractivity contribution in [1.82, 2.24) is 9.80 Å². The molecular formula is C16H22FN3O2. The third kappa shape index (κ3) is 3.82. The summed E-state index contributed by atoms with van der Waals surface area (Å²) in [7, 11) is 0. The Balaban J connectivity index is 1.92. The van der Waals surface area contributed by atoms with Crippen molar-refractivity contribution in [3.8, 4) is 0 Å². The van der Waals surface area contributed by atoms with Crippen LogP contribution in [0.2, 0.25) is 0 Å². The van der Waals surface area contributed by atoms with Gasteiger partial charge in [-0.2, -0.15) is 0 Å². The van der Waals surface area contributed by atoms with Crippen molar-refractivity contribution in [2.45, 2.75) is 26.8 Å². The van der Waals surface area contributed by atoms with Crippen LogP contribution in [0.5, 0.6) is 0 Å². The molecule has 1 aromatic carbocycles. The molecule has 0 aliphatic carbocycles. The predicted octanol–water partition coefficient (Wildman–Crippen LogP) is 1.63. The summed E-state index contributed by atoms with van der Waals surface area (Å²) in [4.78, 5) is 27.4. The number of hydrogen-bond acceptors (Lipinski definition) is 3. The molecule has 2 rings (SSSR count). The Kier molecular flexibility index (Phi) is 5.13. The number of benzene rings is 1. The molecule has 5 nitrogen and oxygen atoms in total. The number of halogens is 1. The van der Waals surface area contributed by atoms with Crippen LogP contribution in [0, 0.1) is 12.7 Å². The zero-order valence-electron chi connectivity index (χ0n) is 13.2. The first-order valence-corrected chi connectivity index (χ1v) is 7.45. The second kappa shape index (κ2) is 6.87. The normalized spacial score (nSPS) is 17.2. The lowest BCUT2D eigenvalue weighted by atomic mass is 10.2. The van der Waals surface area contributed by atoms with Crippen LogP contribution in [0.3, 0.4) is 0 Å². The average Bonchev–Trinajstić information content (AvgIpc) is 2.50. The lowest BCUT2D eigenvalue weighted by Crippen LogP contribution is -2.53. The Morgan fingerprint density at radius 1 is 1.23 bits per heavy atom. The molecule has 120 valence electrons. The molecule has 0 spiro atoms. The van der Waals surface area contributed by atoms with Crippen LogP contribution < -0.4 is 5.32 Å². The Morgan fingerprint density at radius 3 is 2.41 bits per heavy atom. The molecule has 22 heavy (non-hydrogen) atoms. The number of carbonyl (C=O) groups excluding carboxylic acids is 2. The zero-order valence-corrected chi connectivity index (χ0v) is 13.2. The largest absolute Gasteiger partial charge is 0.340 e. The van der Waals surface area contributed by atoms with Crippen molar-refractivity contribution in [2.75, 3.05) is 31.5 Å². The Bertz CT molecular complexity index is 569. The second-order valence-electron chi connectivity index (χ2n) is 5.67. The summed E-state index contributed by atoms with van der Waals surface area (Å²) in [6.07, 6.45) is 0. The summed E-state index contributed by atoms with van der Waals surface area (Å²) < 4.78 is 13.5. The van der Waals surface area contributed by atoms with Crippen LogP contribution in [0.1, 0.15) is 19.4 Å². The molecule has 1 aliphatic rings. The fourth-order valence-electron chi connectivity index (χ4n) is 2.51. The molecule has 0 radical (unpaired) electrons. The van der Waals surface area contributed by atoms with Gasteiger partial charge in [-0.05, 0) is 31.5 Å². The van der Waals surface area contributed by atoms with Crippen LogP contribution in [-0.4, -0.2) is 53.8 Å². The van der Waals surface area contributed by atoms with Gasteiger partial charge in [-0.3, -0.25) is 14.5 Å². The highest BCUT2D eigenvalue weighted by molar-refractivity contribution is 5.94. The number of nitrogens with zero attached hydrogens (tertiary/aromatic N) is 2. The molecule has 0 bridgehead atoms.